The number of ether oxygens (including phenoxy) is 1. The van der Waals surface area contributed by atoms with Gasteiger partial charge in [-0.2, -0.15) is 0 Å². The van der Waals surface area contributed by atoms with Crippen LogP contribution >= 0.6 is 0 Å². The van der Waals surface area contributed by atoms with Gasteiger partial charge in [0.25, 0.3) is 0 Å². The van der Waals surface area contributed by atoms with E-state index in [1.165, 1.54) is 0 Å². The van der Waals surface area contributed by atoms with Crippen LogP contribution in [-0.2, 0) is 14.8 Å². The molecule has 1 saturated heterocycles. The summed E-state index contributed by atoms with van der Waals surface area (Å²) in [6.07, 6.45) is 2.22. The zero-order valence-corrected chi connectivity index (χ0v) is 13.4. The maximum absolute atomic E-state index is 12.0. The van der Waals surface area contributed by atoms with Gasteiger partial charge in [-0.25, -0.2) is 13.1 Å². The minimum atomic E-state index is -3.40. The van der Waals surface area contributed by atoms with Gasteiger partial charge in [0.2, 0.25) is 10.0 Å². The molecule has 0 radical (unpaired) electrons. The molecule has 0 aliphatic carbocycles. The Morgan fingerprint density at radius 2 is 2.00 bits per heavy atom. The van der Waals surface area contributed by atoms with Crippen LogP contribution in [0.2, 0.25) is 0 Å². The molecule has 2 N–H and O–H groups in total. The number of anilines is 1. The van der Waals surface area contributed by atoms with Crippen molar-refractivity contribution >= 4 is 15.7 Å². The van der Waals surface area contributed by atoms with E-state index in [4.69, 9.17) is 4.74 Å². The van der Waals surface area contributed by atoms with Gasteiger partial charge in [-0.15, -0.1) is 0 Å². The highest BCUT2D eigenvalue weighted by molar-refractivity contribution is 7.89. The van der Waals surface area contributed by atoms with E-state index in [0.717, 1.165) is 38.3 Å². The molecule has 1 aliphatic rings. The second kappa shape index (κ2) is 7.24. The normalized spacial score (nSPS) is 19.1. The lowest BCUT2D eigenvalue weighted by atomic mass is 10.1. The minimum absolute atomic E-state index is 0.110. The van der Waals surface area contributed by atoms with Crippen LogP contribution in [-0.4, -0.2) is 34.2 Å². The van der Waals surface area contributed by atoms with E-state index in [1.54, 1.807) is 38.1 Å². The van der Waals surface area contributed by atoms with Crippen molar-refractivity contribution < 1.29 is 13.2 Å². The molecule has 1 heterocycles. The first-order valence-electron chi connectivity index (χ1n) is 7.41. The van der Waals surface area contributed by atoms with Gasteiger partial charge in [0.15, 0.2) is 0 Å². The molecule has 21 heavy (non-hydrogen) atoms. The maximum atomic E-state index is 12.0. The Morgan fingerprint density at radius 1 is 1.29 bits per heavy atom. The summed E-state index contributed by atoms with van der Waals surface area (Å²) < 4.78 is 31.9. The molecular formula is C15H24N2O3S. The van der Waals surface area contributed by atoms with Crippen LogP contribution in [0.3, 0.4) is 0 Å². The Morgan fingerprint density at radius 3 is 2.57 bits per heavy atom. The molecule has 1 aliphatic heterocycles. The summed E-state index contributed by atoms with van der Waals surface area (Å²) in [5.41, 5.74) is 0.942. The molecule has 0 bridgehead atoms. The van der Waals surface area contributed by atoms with E-state index < -0.39 is 10.0 Å². The van der Waals surface area contributed by atoms with E-state index in [0.29, 0.717) is 10.8 Å². The van der Waals surface area contributed by atoms with Gasteiger partial charge in [-0.3, -0.25) is 0 Å². The number of nitrogens with one attached hydrogen (secondary N) is 2. The number of sulfonamides is 1. The molecule has 5 nitrogen and oxygen atoms in total. The standard InChI is InChI=1S/C15H24N2O3S/c1-12(2)17-21(18,19)15-5-3-14(4-6-15)16-9-7-13-8-10-20-11-13/h3-6,12-13,16-17H,7-11H2,1-2H3. The van der Waals surface area contributed by atoms with Gasteiger partial charge >= 0.3 is 0 Å². The maximum Gasteiger partial charge on any atom is 0.240 e. The lowest BCUT2D eigenvalue weighted by Crippen LogP contribution is -2.30. The minimum Gasteiger partial charge on any atom is -0.385 e. The molecular weight excluding hydrogens is 288 g/mol. The Bertz CT molecular complexity index is 535. The summed E-state index contributed by atoms with van der Waals surface area (Å²) in [6.45, 7) is 6.23. The number of benzene rings is 1. The average Bonchev–Trinajstić information content (AvgIpc) is 2.91. The van der Waals surface area contributed by atoms with Gasteiger partial charge < -0.3 is 10.1 Å². The molecule has 1 atom stereocenters. The van der Waals surface area contributed by atoms with Crippen molar-refractivity contribution in [1.29, 1.82) is 0 Å². The third-order valence-electron chi connectivity index (χ3n) is 3.46. The van der Waals surface area contributed by atoms with E-state index in [9.17, 15) is 8.42 Å². The van der Waals surface area contributed by atoms with Crippen molar-refractivity contribution in [3.63, 3.8) is 0 Å². The van der Waals surface area contributed by atoms with Crippen LogP contribution in [0.1, 0.15) is 26.7 Å². The molecule has 0 spiro atoms. The lowest BCUT2D eigenvalue weighted by molar-refractivity contribution is 0.185. The Hall–Kier alpha value is -1.11. The van der Waals surface area contributed by atoms with Crippen LogP contribution in [0.25, 0.3) is 0 Å². The third-order valence-corrected chi connectivity index (χ3v) is 5.14. The molecule has 1 aromatic rings. The summed E-state index contributed by atoms with van der Waals surface area (Å²) in [6, 6.07) is 6.76. The summed E-state index contributed by atoms with van der Waals surface area (Å²) in [7, 11) is -3.40. The molecule has 0 amide bonds. The van der Waals surface area contributed by atoms with Gasteiger partial charge in [0.1, 0.15) is 0 Å². The Labute approximate surface area is 127 Å². The number of rotatable bonds is 7. The van der Waals surface area contributed by atoms with Crippen LogP contribution in [0.4, 0.5) is 5.69 Å². The van der Waals surface area contributed by atoms with Crippen molar-refractivity contribution in [1.82, 2.24) is 4.72 Å². The fourth-order valence-electron chi connectivity index (χ4n) is 2.36. The first-order chi connectivity index (χ1) is 9.97. The van der Waals surface area contributed by atoms with E-state index in [2.05, 4.69) is 10.0 Å². The molecule has 2 rings (SSSR count). The molecule has 1 fully saturated rings. The van der Waals surface area contributed by atoms with Crippen LogP contribution in [0, 0.1) is 5.92 Å². The SMILES string of the molecule is CC(C)NS(=O)(=O)c1ccc(NCCC2CCOC2)cc1. The summed E-state index contributed by atoms with van der Waals surface area (Å²) >= 11 is 0. The fraction of sp³-hybridized carbons (Fsp3) is 0.600. The van der Waals surface area contributed by atoms with Gasteiger partial charge in [-0.1, -0.05) is 0 Å². The van der Waals surface area contributed by atoms with Crippen molar-refractivity contribution in [2.75, 3.05) is 25.1 Å². The summed E-state index contributed by atoms with van der Waals surface area (Å²) in [5, 5.41) is 3.32. The number of hydrogen-bond acceptors (Lipinski definition) is 4. The molecule has 6 heteroatoms. The van der Waals surface area contributed by atoms with E-state index >= 15 is 0 Å². The highest BCUT2D eigenvalue weighted by Gasteiger charge is 2.16. The van der Waals surface area contributed by atoms with Crippen molar-refractivity contribution in [2.24, 2.45) is 5.92 Å². The molecule has 0 aromatic heterocycles. The zero-order chi connectivity index (χ0) is 15.3. The third kappa shape index (κ3) is 4.98. The Kier molecular flexibility index (Phi) is 5.61. The topological polar surface area (TPSA) is 67.4 Å². The van der Waals surface area contributed by atoms with Crippen LogP contribution in [0.15, 0.2) is 29.2 Å². The fourth-order valence-corrected chi connectivity index (χ4v) is 3.61. The number of hydrogen-bond donors (Lipinski definition) is 2. The highest BCUT2D eigenvalue weighted by Crippen LogP contribution is 2.18. The second-order valence-electron chi connectivity index (χ2n) is 5.75. The average molecular weight is 312 g/mol. The first-order valence-corrected chi connectivity index (χ1v) is 8.90. The Balaban J connectivity index is 1.86. The first kappa shape index (κ1) is 16.3. The smallest absolute Gasteiger partial charge is 0.240 e. The second-order valence-corrected chi connectivity index (χ2v) is 7.46. The van der Waals surface area contributed by atoms with Crippen LogP contribution < -0.4 is 10.0 Å². The zero-order valence-electron chi connectivity index (χ0n) is 12.6. The predicted octanol–water partition coefficient (Wildman–Crippen LogP) is 2.21. The summed E-state index contributed by atoms with van der Waals surface area (Å²) in [4.78, 5) is 0.297. The quantitative estimate of drug-likeness (QED) is 0.810. The molecule has 0 saturated carbocycles. The van der Waals surface area contributed by atoms with Gasteiger partial charge in [-0.05, 0) is 56.9 Å². The predicted molar refractivity (Wildman–Crippen MR) is 83.9 cm³/mol. The lowest BCUT2D eigenvalue weighted by Gasteiger charge is -2.12. The molecule has 1 aromatic carbocycles. The van der Waals surface area contributed by atoms with E-state index in [1.807, 2.05) is 0 Å². The molecule has 1 unspecified atom stereocenters. The highest BCUT2D eigenvalue weighted by atomic mass is 32.2. The van der Waals surface area contributed by atoms with Crippen molar-refractivity contribution in [2.45, 2.75) is 37.6 Å². The van der Waals surface area contributed by atoms with Gasteiger partial charge in [0, 0.05) is 31.5 Å². The largest absolute Gasteiger partial charge is 0.385 e. The van der Waals surface area contributed by atoms with Crippen molar-refractivity contribution in [3.8, 4) is 0 Å². The molecule has 118 valence electrons. The van der Waals surface area contributed by atoms with E-state index in [-0.39, 0.29) is 6.04 Å². The monoisotopic (exact) mass is 312 g/mol. The van der Waals surface area contributed by atoms with Gasteiger partial charge in [0.05, 0.1) is 4.90 Å². The van der Waals surface area contributed by atoms with Crippen LogP contribution in [0.5, 0.6) is 0 Å². The van der Waals surface area contributed by atoms with Crippen molar-refractivity contribution in [3.05, 3.63) is 24.3 Å². The summed E-state index contributed by atoms with van der Waals surface area (Å²) in [5.74, 6) is 0.646.